The Hall–Kier alpha value is -3.00. The van der Waals surface area contributed by atoms with Crippen LogP contribution in [0.5, 0.6) is 11.6 Å². The first-order chi connectivity index (χ1) is 14.5. The molecule has 4 heterocycles. The van der Waals surface area contributed by atoms with Gasteiger partial charge in [-0.15, -0.1) is 10.2 Å². The Balaban J connectivity index is 1.34. The lowest BCUT2D eigenvalue weighted by molar-refractivity contribution is -0.136. The Bertz CT molecular complexity index is 1040. The molecule has 2 saturated heterocycles. The molecule has 8 heteroatoms. The Morgan fingerprint density at radius 2 is 2.10 bits per heavy atom. The first kappa shape index (κ1) is 19.0. The van der Waals surface area contributed by atoms with Crippen molar-refractivity contribution in [3.63, 3.8) is 0 Å². The van der Waals surface area contributed by atoms with Crippen molar-refractivity contribution in [1.29, 1.82) is 0 Å². The summed E-state index contributed by atoms with van der Waals surface area (Å²) >= 11 is 0. The van der Waals surface area contributed by atoms with E-state index in [2.05, 4.69) is 20.1 Å². The molecule has 7 nitrogen and oxygen atoms in total. The molecule has 2 aliphatic heterocycles. The highest BCUT2D eigenvalue weighted by Gasteiger charge is 2.55. The number of hydrogen-bond donors (Lipinski definition) is 1. The van der Waals surface area contributed by atoms with E-state index in [4.69, 9.17) is 4.74 Å². The van der Waals surface area contributed by atoms with Crippen molar-refractivity contribution in [1.82, 2.24) is 24.6 Å². The average Bonchev–Trinajstić information content (AvgIpc) is 3.28. The van der Waals surface area contributed by atoms with Gasteiger partial charge in [0, 0.05) is 42.6 Å². The summed E-state index contributed by atoms with van der Waals surface area (Å²) in [7, 11) is 1.98. The summed E-state index contributed by atoms with van der Waals surface area (Å²) in [6.07, 6.45) is 5.35. The predicted octanol–water partition coefficient (Wildman–Crippen LogP) is 3.23. The number of halogens is 1. The number of aromatic hydroxyl groups is 1. The summed E-state index contributed by atoms with van der Waals surface area (Å²) in [4.78, 5) is 6.12. The number of aromatic nitrogens is 4. The van der Waals surface area contributed by atoms with E-state index < -0.39 is 17.8 Å². The van der Waals surface area contributed by atoms with Crippen LogP contribution in [0.25, 0.3) is 16.9 Å². The van der Waals surface area contributed by atoms with Gasteiger partial charge >= 0.3 is 0 Å². The molecule has 0 spiro atoms. The quantitative estimate of drug-likeness (QED) is 0.713. The number of benzene rings is 1. The van der Waals surface area contributed by atoms with E-state index in [1.807, 2.05) is 20.0 Å². The zero-order chi connectivity index (χ0) is 20.9. The molecule has 0 amide bonds. The van der Waals surface area contributed by atoms with E-state index in [1.54, 1.807) is 47.6 Å². The lowest BCUT2D eigenvalue weighted by atomic mass is 9.68. The molecular weight excluding hydrogens is 385 g/mol. The number of phenolic OH excluding ortho intramolecular Hbond substituents is 1. The van der Waals surface area contributed by atoms with Crippen LogP contribution >= 0.6 is 0 Å². The Morgan fingerprint density at radius 3 is 2.77 bits per heavy atom. The van der Waals surface area contributed by atoms with Crippen molar-refractivity contribution in [3.05, 3.63) is 49.1 Å². The third kappa shape index (κ3) is 3.02. The molecule has 30 heavy (non-hydrogen) atoms. The van der Waals surface area contributed by atoms with Crippen molar-refractivity contribution < 1.29 is 14.2 Å². The second-order valence-corrected chi connectivity index (χ2v) is 8.45. The van der Waals surface area contributed by atoms with Crippen LogP contribution in [0.15, 0.2) is 49.1 Å². The smallest absolute Gasteiger partial charge is 0.233 e. The number of phenols is 1. The number of imidazole rings is 1. The molecule has 6 rings (SSSR count). The van der Waals surface area contributed by atoms with Crippen molar-refractivity contribution in [3.8, 4) is 28.6 Å². The molecule has 156 valence electrons. The van der Waals surface area contributed by atoms with Gasteiger partial charge in [-0.25, -0.2) is 9.37 Å². The fourth-order valence-electron chi connectivity index (χ4n) is 4.66. The molecule has 2 unspecified atom stereocenters. The molecule has 3 aromatic rings. The number of alkyl halides is 1. The first-order valence-corrected chi connectivity index (χ1v) is 10.1. The van der Waals surface area contributed by atoms with E-state index in [1.165, 1.54) is 0 Å². The lowest BCUT2D eigenvalue weighted by Gasteiger charge is -2.56. The highest BCUT2D eigenvalue weighted by molar-refractivity contribution is 5.68. The maximum Gasteiger partial charge on any atom is 0.233 e. The van der Waals surface area contributed by atoms with Crippen molar-refractivity contribution in [2.45, 2.75) is 37.6 Å². The van der Waals surface area contributed by atoms with E-state index in [9.17, 15) is 5.11 Å². The van der Waals surface area contributed by atoms with Crippen molar-refractivity contribution >= 4 is 0 Å². The van der Waals surface area contributed by atoms with E-state index in [0.717, 1.165) is 25.1 Å². The Kier molecular flexibility index (Phi) is 4.47. The Labute approximate surface area is 174 Å². The molecule has 1 aliphatic carbocycles. The number of rotatable bonds is 4. The standard InChI is InChI=1S/C22H24FN5O2/c1-22-8-7-14(12-27(22)2)20(21(22)23)30-19-6-5-17(25-26-19)16-4-3-15(11-18(16)29)28-10-9-24-13-28/h3-6,9-11,13-14,20-21,29H,7-8,12H2,1-2H3/t14-,20?,21?,22-/m1/s1. The monoisotopic (exact) mass is 409 g/mol. The van der Waals surface area contributed by atoms with Gasteiger partial charge in [-0.05, 0) is 45.0 Å². The number of nitrogens with zero attached hydrogens (tertiary/aromatic N) is 5. The van der Waals surface area contributed by atoms with Gasteiger partial charge in [0.15, 0.2) is 6.17 Å². The van der Waals surface area contributed by atoms with Gasteiger partial charge in [0.05, 0.1) is 23.2 Å². The van der Waals surface area contributed by atoms with Crippen LogP contribution in [0.1, 0.15) is 19.8 Å². The summed E-state index contributed by atoms with van der Waals surface area (Å²) in [5, 5.41) is 18.8. The zero-order valence-corrected chi connectivity index (χ0v) is 16.9. The van der Waals surface area contributed by atoms with Crippen molar-refractivity contribution in [2.75, 3.05) is 13.6 Å². The molecular formula is C22H24FN5O2. The second-order valence-electron chi connectivity index (χ2n) is 8.45. The maximum absolute atomic E-state index is 15.2. The lowest BCUT2D eigenvalue weighted by Crippen LogP contribution is -2.68. The first-order valence-electron chi connectivity index (χ1n) is 10.1. The summed E-state index contributed by atoms with van der Waals surface area (Å²) in [5.41, 5.74) is 1.38. The normalized spacial score (nSPS) is 28.6. The van der Waals surface area contributed by atoms with Crippen LogP contribution in [0.2, 0.25) is 0 Å². The van der Waals surface area contributed by atoms with E-state index in [-0.39, 0.29) is 11.7 Å². The van der Waals surface area contributed by atoms with E-state index in [0.29, 0.717) is 17.1 Å². The third-order valence-corrected chi connectivity index (χ3v) is 6.71. The average molecular weight is 409 g/mol. The fraction of sp³-hybridized carbons (Fsp3) is 0.409. The zero-order valence-electron chi connectivity index (χ0n) is 16.9. The summed E-state index contributed by atoms with van der Waals surface area (Å²) in [6.45, 7) is 2.79. The molecule has 1 saturated carbocycles. The largest absolute Gasteiger partial charge is 0.507 e. The second kappa shape index (κ2) is 7.05. The SMILES string of the molecule is CN1C[C@H]2CC[C@]1(C)C(F)C2Oc1ccc(-c2ccc(-n3ccnc3)cc2O)nn1. The van der Waals surface area contributed by atoms with Gasteiger partial charge < -0.3 is 14.4 Å². The maximum atomic E-state index is 15.2. The van der Waals surface area contributed by atoms with Crippen molar-refractivity contribution in [2.24, 2.45) is 5.92 Å². The van der Waals surface area contributed by atoms with Crippen LogP contribution in [0.3, 0.4) is 0 Å². The minimum atomic E-state index is -1.07. The van der Waals surface area contributed by atoms with Crippen LogP contribution in [-0.2, 0) is 0 Å². The molecule has 2 aromatic heterocycles. The fourth-order valence-corrected chi connectivity index (χ4v) is 4.66. The summed E-state index contributed by atoms with van der Waals surface area (Å²) in [5.74, 6) is 0.543. The molecule has 4 atom stereocenters. The number of hydrogen-bond acceptors (Lipinski definition) is 6. The predicted molar refractivity (Wildman–Crippen MR) is 109 cm³/mol. The minimum absolute atomic E-state index is 0.0912. The number of ether oxygens (including phenoxy) is 1. The molecule has 2 bridgehead atoms. The van der Waals surface area contributed by atoms with Gasteiger partial charge in [-0.1, -0.05) is 0 Å². The van der Waals surface area contributed by atoms with Gasteiger partial charge in [0.2, 0.25) is 5.88 Å². The van der Waals surface area contributed by atoms with Crippen LogP contribution < -0.4 is 4.74 Å². The molecule has 3 fully saturated rings. The van der Waals surface area contributed by atoms with Gasteiger partial charge in [0.1, 0.15) is 11.9 Å². The van der Waals surface area contributed by atoms with E-state index >= 15 is 4.39 Å². The van der Waals surface area contributed by atoms with Gasteiger partial charge in [-0.2, -0.15) is 0 Å². The van der Waals surface area contributed by atoms with Gasteiger partial charge in [0.25, 0.3) is 0 Å². The Morgan fingerprint density at radius 1 is 1.23 bits per heavy atom. The molecule has 1 N–H and O–H groups in total. The summed E-state index contributed by atoms with van der Waals surface area (Å²) < 4.78 is 22.9. The highest BCUT2D eigenvalue weighted by Crippen LogP contribution is 2.45. The topological polar surface area (TPSA) is 76.3 Å². The molecule has 1 aromatic carbocycles. The van der Waals surface area contributed by atoms with Crippen LogP contribution in [-0.4, -0.2) is 61.2 Å². The highest BCUT2D eigenvalue weighted by atomic mass is 19.1. The summed E-state index contributed by atoms with van der Waals surface area (Å²) in [6, 6.07) is 8.71. The van der Waals surface area contributed by atoms with Gasteiger partial charge in [-0.3, -0.25) is 4.90 Å². The molecule has 3 aliphatic rings. The van der Waals surface area contributed by atoms with Crippen LogP contribution in [0, 0.1) is 5.92 Å². The number of fused-ring (bicyclic) bond motifs is 3. The minimum Gasteiger partial charge on any atom is -0.507 e. The number of piperidine rings is 2. The molecule has 0 radical (unpaired) electrons. The third-order valence-electron chi connectivity index (χ3n) is 6.71. The van der Waals surface area contributed by atoms with Crippen LogP contribution in [0.4, 0.5) is 4.39 Å².